The summed E-state index contributed by atoms with van der Waals surface area (Å²) in [4.78, 5) is 26.7. The molecular formula is C22H31FN2O3. The summed E-state index contributed by atoms with van der Waals surface area (Å²) in [5.74, 6) is -0.0817. The molecule has 28 heavy (non-hydrogen) atoms. The third-order valence-electron chi connectivity index (χ3n) is 5.70. The van der Waals surface area contributed by atoms with Crippen molar-refractivity contribution in [2.24, 2.45) is 5.92 Å². The van der Waals surface area contributed by atoms with E-state index in [-0.39, 0.29) is 30.3 Å². The fourth-order valence-electron chi connectivity index (χ4n) is 4.16. The SMILES string of the molecule is O=C(CC1CCCCC1)NCC(=O)N(Cc1cccc(F)c1)CC1CCCO1. The van der Waals surface area contributed by atoms with Crippen molar-refractivity contribution in [3.05, 3.63) is 35.6 Å². The normalized spacial score (nSPS) is 20.1. The maximum absolute atomic E-state index is 13.5. The lowest BCUT2D eigenvalue weighted by atomic mass is 9.87. The van der Waals surface area contributed by atoms with E-state index < -0.39 is 0 Å². The zero-order valence-corrected chi connectivity index (χ0v) is 16.5. The number of halogens is 1. The van der Waals surface area contributed by atoms with Crippen LogP contribution in [0, 0.1) is 11.7 Å². The molecule has 1 atom stereocenters. The van der Waals surface area contributed by atoms with Crippen LogP contribution in [0.15, 0.2) is 24.3 Å². The molecule has 1 N–H and O–H groups in total. The summed E-state index contributed by atoms with van der Waals surface area (Å²) in [5, 5.41) is 2.79. The lowest BCUT2D eigenvalue weighted by Gasteiger charge is -2.26. The Bertz CT molecular complexity index is 655. The maximum Gasteiger partial charge on any atom is 0.242 e. The summed E-state index contributed by atoms with van der Waals surface area (Å²) in [5.41, 5.74) is 0.736. The van der Waals surface area contributed by atoms with E-state index in [0.717, 1.165) is 31.2 Å². The summed E-state index contributed by atoms with van der Waals surface area (Å²) >= 11 is 0. The Morgan fingerprint density at radius 1 is 1.14 bits per heavy atom. The summed E-state index contributed by atoms with van der Waals surface area (Å²) in [6.07, 6.45) is 8.27. The largest absolute Gasteiger partial charge is 0.376 e. The van der Waals surface area contributed by atoms with Crippen LogP contribution in [0.4, 0.5) is 4.39 Å². The van der Waals surface area contributed by atoms with E-state index in [1.165, 1.54) is 31.4 Å². The van der Waals surface area contributed by atoms with Crippen molar-refractivity contribution in [1.29, 1.82) is 0 Å². The van der Waals surface area contributed by atoms with E-state index in [4.69, 9.17) is 4.74 Å². The van der Waals surface area contributed by atoms with Gasteiger partial charge in [0.25, 0.3) is 0 Å². The number of carbonyl (C=O) groups excluding carboxylic acids is 2. The zero-order chi connectivity index (χ0) is 19.8. The van der Waals surface area contributed by atoms with E-state index in [0.29, 0.717) is 32.0 Å². The number of rotatable bonds is 8. The van der Waals surface area contributed by atoms with Crippen LogP contribution < -0.4 is 5.32 Å². The lowest BCUT2D eigenvalue weighted by molar-refractivity contribution is -0.135. The van der Waals surface area contributed by atoms with Gasteiger partial charge in [-0.1, -0.05) is 31.4 Å². The Morgan fingerprint density at radius 3 is 2.68 bits per heavy atom. The first-order valence-corrected chi connectivity index (χ1v) is 10.5. The Kier molecular flexibility index (Phi) is 7.83. The number of benzene rings is 1. The fourth-order valence-corrected chi connectivity index (χ4v) is 4.16. The monoisotopic (exact) mass is 390 g/mol. The van der Waals surface area contributed by atoms with Crippen LogP contribution in [0.1, 0.15) is 56.9 Å². The third kappa shape index (κ3) is 6.59. The van der Waals surface area contributed by atoms with Crippen LogP contribution in [0.25, 0.3) is 0 Å². The summed E-state index contributed by atoms with van der Waals surface area (Å²) in [7, 11) is 0. The van der Waals surface area contributed by atoms with Gasteiger partial charge in [0.05, 0.1) is 12.6 Å². The van der Waals surface area contributed by atoms with Crippen LogP contribution >= 0.6 is 0 Å². The van der Waals surface area contributed by atoms with Crippen LogP contribution in [0.5, 0.6) is 0 Å². The number of hydrogen-bond donors (Lipinski definition) is 1. The molecule has 0 aromatic heterocycles. The maximum atomic E-state index is 13.5. The van der Waals surface area contributed by atoms with E-state index in [1.807, 2.05) is 0 Å². The average Bonchev–Trinajstić information content (AvgIpc) is 3.20. The highest BCUT2D eigenvalue weighted by molar-refractivity contribution is 5.84. The van der Waals surface area contributed by atoms with Gasteiger partial charge in [0.15, 0.2) is 0 Å². The van der Waals surface area contributed by atoms with Gasteiger partial charge >= 0.3 is 0 Å². The molecule has 2 fully saturated rings. The van der Waals surface area contributed by atoms with Crippen molar-refractivity contribution in [3.8, 4) is 0 Å². The van der Waals surface area contributed by atoms with Crippen molar-refractivity contribution in [2.45, 2.75) is 64.0 Å². The molecule has 1 unspecified atom stereocenters. The van der Waals surface area contributed by atoms with Crippen molar-refractivity contribution < 1.29 is 18.7 Å². The molecule has 2 amide bonds. The highest BCUT2D eigenvalue weighted by atomic mass is 19.1. The van der Waals surface area contributed by atoms with Crippen molar-refractivity contribution in [1.82, 2.24) is 10.2 Å². The topological polar surface area (TPSA) is 58.6 Å². The van der Waals surface area contributed by atoms with Crippen molar-refractivity contribution >= 4 is 11.8 Å². The van der Waals surface area contributed by atoms with Gasteiger partial charge in [-0.05, 0) is 49.3 Å². The summed E-state index contributed by atoms with van der Waals surface area (Å²) in [6, 6.07) is 6.28. The predicted octanol–water partition coefficient (Wildman–Crippen LogP) is 3.42. The van der Waals surface area contributed by atoms with Crippen LogP contribution in [0.2, 0.25) is 0 Å². The zero-order valence-electron chi connectivity index (χ0n) is 16.5. The molecule has 1 aromatic rings. The minimum Gasteiger partial charge on any atom is -0.376 e. The Hall–Kier alpha value is -1.95. The molecule has 0 spiro atoms. The van der Waals surface area contributed by atoms with Gasteiger partial charge in [-0.15, -0.1) is 0 Å². The Labute approximate surface area is 166 Å². The van der Waals surface area contributed by atoms with Gasteiger partial charge in [0.2, 0.25) is 11.8 Å². The molecule has 1 heterocycles. The number of nitrogens with zero attached hydrogens (tertiary/aromatic N) is 1. The van der Waals surface area contributed by atoms with E-state index in [2.05, 4.69) is 5.32 Å². The third-order valence-corrected chi connectivity index (χ3v) is 5.70. The first-order valence-electron chi connectivity index (χ1n) is 10.5. The summed E-state index contributed by atoms with van der Waals surface area (Å²) in [6.45, 7) is 1.47. The van der Waals surface area contributed by atoms with Gasteiger partial charge in [-0.2, -0.15) is 0 Å². The number of hydrogen-bond acceptors (Lipinski definition) is 3. The molecule has 2 aliphatic rings. The minimum atomic E-state index is -0.317. The minimum absolute atomic E-state index is 0.00968. The number of amides is 2. The predicted molar refractivity (Wildman–Crippen MR) is 105 cm³/mol. The molecule has 0 radical (unpaired) electrons. The molecule has 0 bridgehead atoms. The second-order valence-electron chi connectivity index (χ2n) is 8.02. The Balaban J connectivity index is 1.53. The molecule has 1 aliphatic carbocycles. The molecule has 5 nitrogen and oxygen atoms in total. The number of carbonyl (C=O) groups is 2. The molecule has 1 saturated heterocycles. The van der Waals surface area contributed by atoms with Crippen LogP contribution in [-0.2, 0) is 20.9 Å². The summed E-state index contributed by atoms with van der Waals surface area (Å²) < 4.78 is 19.2. The lowest BCUT2D eigenvalue weighted by Crippen LogP contribution is -2.43. The van der Waals surface area contributed by atoms with E-state index >= 15 is 0 Å². The second kappa shape index (κ2) is 10.6. The quantitative estimate of drug-likeness (QED) is 0.740. The molecular weight excluding hydrogens is 359 g/mol. The van der Waals surface area contributed by atoms with Crippen LogP contribution in [0.3, 0.4) is 0 Å². The van der Waals surface area contributed by atoms with Crippen molar-refractivity contribution in [2.75, 3.05) is 19.7 Å². The van der Waals surface area contributed by atoms with E-state index in [9.17, 15) is 14.0 Å². The second-order valence-corrected chi connectivity index (χ2v) is 8.02. The number of nitrogens with one attached hydrogen (secondary N) is 1. The highest BCUT2D eigenvalue weighted by Gasteiger charge is 2.24. The molecule has 1 saturated carbocycles. The van der Waals surface area contributed by atoms with Gasteiger partial charge in [-0.3, -0.25) is 9.59 Å². The molecule has 154 valence electrons. The van der Waals surface area contributed by atoms with Gasteiger partial charge in [-0.25, -0.2) is 4.39 Å². The fraction of sp³-hybridized carbons (Fsp3) is 0.636. The van der Waals surface area contributed by atoms with Crippen LogP contribution in [-0.4, -0.2) is 42.5 Å². The van der Waals surface area contributed by atoms with E-state index in [1.54, 1.807) is 17.0 Å². The molecule has 1 aromatic carbocycles. The Morgan fingerprint density at radius 2 is 1.96 bits per heavy atom. The van der Waals surface area contributed by atoms with Gasteiger partial charge < -0.3 is 15.0 Å². The first kappa shape index (κ1) is 20.8. The van der Waals surface area contributed by atoms with Gasteiger partial charge in [0.1, 0.15) is 5.82 Å². The van der Waals surface area contributed by atoms with Crippen molar-refractivity contribution in [3.63, 3.8) is 0 Å². The molecule has 3 rings (SSSR count). The van der Waals surface area contributed by atoms with Gasteiger partial charge in [0, 0.05) is 26.1 Å². The molecule has 1 aliphatic heterocycles. The first-order chi connectivity index (χ1) is 13.6. The highest BCUT2D eigenvalue weighted by Crippen LogP contribution is 2.26. The number of ether oxygens (including phenoxy) is 1. The standard InChI is InChI=1S/C22H31FN2O3/c23-19-9-4-8-18(12-19)15-25(16-20-10-5-11-28-20)22(27)14-24-21(26)13-17-6-2-1-3-7-17/h4,8-9,12,17,20H,1-3,5-7,10-11,13-16H2,(H,24,26). The molecule has 6 heteroatoms. The average molecular weight is 390 g/mol. The smallest absolute Gasteiger partial charge is 0.242 e.